The minimum Gasteiger partial charge on any atom is -0.396 e. The largest absolute Gasteiger partial charge is 0.396 e. The van der Waals surface area contributed by atoms with E-state index in [1.807, 2.05) is 22.7 Å². The number of aliphatic hydroxyl groups is 1. The molecule has 1 saturated carbocycles. The van der Waals surface area contributed by atoms with E-state index in [1.54, 1.807) is 0 Å². The fourth-order valence-corrected chi connectivity index (χ4v) is 3.76. The van der Waals surface area contributed by atoms with E-state index in [4.69, 9.17) is 0 Å². The molecule has 5 heteroatoms. The van der Waals surface area contributed by atoms with Gasteiger partial charge in [0.25, 0.3) is 0 Å². The Morgan fingerprint density at radius 3 is 3.00 bits per heavy atom. The van der Waals surface area contributed by atoms with Crippen molar-refractivity contribution >= 4 is 21.6 Å². The Morgan fingerprint density at radius 1 is 1.41 bits per heavy atom. The number of aromatic nitrogens is 2. The third-order valence-corrected chi connectivity index (χ3v) is 5.10. The summed E-state index contributed by atoms with van der Waals surface area (Å²) in [4.78, 5) is 4.61. The number of fused-ring (bicyclic) bond motifs is 1. The van der Waals surface area contributed by atoms with Gasteiger partial charge >= 0.3 is 0 Å². The minimum absolute atomic E-state index is 0.279. The van der Waals surface area contributed by atoms with Gasteiger partial charge in [-0.15, -0.1) is 0 Å². The average molecular weight is 366 g/mol. The maximum Gasteiger partial charge on any atom is 0.138 e. The zero-order valence-electron chi connectivity index (χ0n) is 12.8. The quantitative estimate of drug-likeness (QED) is 0.790. The Kier molecular flexibility index (Phi) is 5.50. The summed E-state index contributed by atoms with van der Waals surface area (Å²) in [6.07, 6.45) is 10.6. The summed E-state index contributed by atoms with van der Waals surface area (Å²) in [5, 5.41) is 13.0. The van der Waals surface area contributed by atoms with E-state index in [2.05, 4.69) is 32.4 Å². The van der Waals surface area contributed by atoms with Gasteiger partial charge in [-0.3, -0.25) is 0 Å². The summed E-state index contributed by atoms with van der Waals surface area (Å²) in [5.74, 6) is 1.20. The van der Waals surface area contributed by atoms with Gasteiger partial charge in [-0.1, -0.05) is 41.6 Å². The third-order valence-electron chi connectivity index (χ3n) is 4.61. The molecule has 0 amide bonds. The van der Waals surface area contributed by atoms with E-state index in [-0.39, 0.29) is 6.61 Å². The predicted octanol–water partition coefficient (Wildman–Crippen LogP) is 3.38. The third kappa shape index (κ3) is 4.09. The van der Waals surface area contributed by atoms with Crippen LogP contribution in [0.4, 0.5) is 0 Å². The van der Waals surface area contributed by atoms with Crippen LogP contribution in [0.3, 0.4) is 0 Å². The second kappa shape index (κ2) is 7.57. The van der Waals surface area contributed by atoms with Gasteiger partial charge in [0.2, 0.25) is 0 Å². The topological polar surface area (TPSA) is 49.6 Å². The van der Waals surface area contributed by atoms with Crippen LogP contribution in [0, 0.1) is 11.8 Å². The molecule has 2 aromatic rings. The molecule has 0 radical (unpaired) electrons. The minimum atomic E-state index is 0.279. The van der Waals surface area contributed by atoms with Crippen LogP contribution in [0.1, 0.15) is 37.8 Å². The van der Waals surface area contributed by atoms with Crippen molar-refractivity contribution in [2.75, 3.05) is 13.2 Å². The number of halogens is 1. The monoisotopic (exact) mass is 365 g/mol. The molecule has 2 N–H and O–H groups in total. The number of imidazole rings is 1. The molecule has 4 nitrogen and oxygen atoms in total. The van der Waals surface area contributed by atoms with E-state index in [9.17, 15) is 5.11 Å². The molecule has 1 aliphatic carbocycles. The first-order valence-electron chi connectivity index (χ1n) is 8.19. The van der Waals surface area contributed by atoms with Crippen molar-refractivity contribution in [1.82, 2.24) is 14.7 Å². The summed E-state index contributed by atoms with van der Waals surface area (Å²) in [6.45, 7) is 1.90. The highest BCUT2D eigenvalue weighted by molar-refractivity contribution is 9.10. The van der Waals surface area contributed by atoms with E-state index in [0.29, 0.717) is 5.92 Å². The van der Waals surface area contributed by atoms with E-state index >= 15 is 0 Å². The van der Waals surface area contributed by atoms with E-state index in [0.717, 1.165) is 41.2 Å². The summed E-state index contributed by atoms with van der Waals surface area (Å²) in [5.41, 5.74) is 1.99. The van der Waals surface area contributed by atoms with Gasteiger partial charge in [0.15, 0.2) is 0 Å². The maximum atomic E-state index is 9.56. The SMILES string of the molecule is OCC(CNCc1cn2ccc(Br)cc2n1)CC1CCCC1. The lowest BCUT2D eigenvalue weighted by Crippen LogP contribution is -2.26. The van der Waals surface area contributed by atoms with Crippen LogP contribution < -0.4 is 5.32 Å². The lowest BCUT2D eigenvalue weighted by molar-refractivity contribution is 0.196. The molecule has 1 aliphatic rings. The molecule has 0 saturated heterocycles. The highest BCUT2D eigenvalue weighted by Gasteiger charge is 2.19. The number of hydrogen-bond acceptors (Lipinski definition) is 3. The number of rotatable bonds is 7. The van der Waals surface area contributed by atoms with Crippen LogP contribution in [0.5, 0.6) is 0 Å². The fraction of sp³-hybridized carbons (Fsp3) is 0.588. The van der Waals surface area contributed by atoms with Crippen molar-refractivity contribution in [3.63, 3.8) is 0 Å². The van der Waals surface area contributed by atoms with Crippen molar-refractivity contribution in [1.29, 1.82) is 0 Å². The Hall–Kier alpha value is -0.910. The van der Waals surface area contributed by atoms with Crippen LogP contribution in [0.25, 0.3) is 5.65 Å². The smallest absolute Gasteiger partial charge is 0.138 e. The van der Waals surface area contributed by atoms with Crippen LogP contribution in [-0.2, 0) is 6.54 Å². The molecule has 3 rings (SSSR count). The molecular weight excluding hydrogens is 342 g/mol. The van der Waals surface area contributed by atoms with Crippen molar-refractivity contribution in [2.24, 2.45) is 11.8 Å². The molecule has 2 aromatic heterocycles. The second-order valence-corrected chi connectivity index (χ2v) is 7.32. The van der Waals surface area contributed by atoms with Crippen LogP contribution in [0.2, 0.25) is 0 Å². The highest BCUT2D eigenvalue weighted by Crippen LogP contribution is 2.30. The molecular formula is C17H24BrN3O. The van der Waals surface area contributed by atoms with Gasteiger partial charge in [-0.25, -0.2) is 4.98 Å². The van der Waals surface area contributed by atoms with Gasteiger partial charge in [0.1, 0.15) is 5.65 Å². The number of pyridine rings is 1. The summed E-state index contributed by atoms with van der Waals surface area (Å²) < 4.78 is 3.08. The lowest BCUT2D eigenvalue weighted by atomic mass is 9.94. The number of nitrogens with one attached hydrogen (secondary N) is 1. The molecule has 0 aromatic carbocycles. The number of hydrogen-bond donors (Lipinski definition) is 2. The fourth-order valence-electron chi connectivity index (χ4n) is 3.44. The van der Waals surface area contributed by atoms with Crippen molar-refractivity contribution in [2.45, 2.75) is 38.6 Å². The van der Waals surface area contributed by atoms with Crippen molar-refractivity contribution in [3.05, 3.63) is 34.7 Å². The molecule has 1 unspecified atom stereocenters. The van der Waals surface area contributed by atoms with Crippen LogP contribution >= 0.6 is 15.9 Å². The van der Waals surface area contributed by atoms with E-state index in [1.165, 1.54) is 25.7 Å². The Morgan fingerprint density at radius 2 is 2.23 bits per heavy atom. The number of aliphatic hydroxyl groups excluding tert-OH is 1. The average Bonchev–Trinajstić information content (AvgIpc) is 3.14. The Bertz CT molecular complexity index is 607. The lowest BCUT2D eigenvalue weighted by Gasteiger charge is -2.18. The van der Waals surface area contributed by atoms with E-state index < -0.39 is 0 Å². The van der Waals surface area contributed by atoms with Gasteiger partial charge in [0, 0.05) is 36.6 Å². The summed E-state index contributed by atoms with van der Waals surface area (Å²) >= 11 is 3.47. The van der Waals surface area contributed by atoms with Gasteiger partial charge in [0.05, 0.1) is 5.69 Å². The molecule has 0 spiro atoms. The first kappa shape index (κ1) is 16.0. The highest BCUT2D eigenvalue weighted by atomic mass is 79.9. The molecule has 22 heavy (non-hydrogen) atoms. The molecule has 0 aliphatic heterocycles. The van der Waals surface area contributed by atoms with Gasteiger partial charge < -0.3 is 14.8 Å². The first-order valence-corrected chi connectivity index (χ1v) is 8.98. The normalized spacial score (nSPS) is 17.4. The standard InChI is InChI=1S/C17H24BrN3O/c18-15-5-6-21-11-16(20-17(21)8-15)10-19-9-14(12-22)7-13-3-1-2-4-13/h5-6,8,11,13-14,19,22H,1-4,7,9-10,12H2. The maximum absolute atomic E-state index is 9.56. The zero-order chi connectivity index (χ0) is 15.4. The zero-order valence-corrected chi connectivity index (χ0v) is 14.4. The molecule has 120 valence electrons. The number of nitrogens with zero attached hydrogens (tertiary/aromatic N) is 2. The van der Waals surface area contributed by atoms with Gasteiger partial charge in [-0.2, -0.15) is 0 Å². The van der Waals surface area contributed by atoms with Crippen molar-refractivity contribution < 1.29 is 5.11 Å². The molecule has 1 atom stereocenters. The van der Waals surface area contributed by atoms with Crippen LogP contribution in [0.15, 0.2) is 29.0 Å². The van der Waals surface area contributed by atoms with Crippen molar-refractivity contribution in [3.8, 4) is 0 Å². The van der Waals surface area contributed by atoms with Crippen LogP contribution in [-0.4, -0.2) is 27.6 Å². The Balaban J connectivity index is 1.49. The predicted molar refractivity (Wildman–Crippen MR) is 91.7 cm³/mol. The Labute approximate surface area is 140 Å². The first-order chi connectivity index (χ1) is 10.7. The molecule has 1 fully saturated rings. The summed E-state index contributed by atoms with van der Waals surface area (Å²) in [7, 11) is 0. The molecule has 0 bridgehead atoms. The second-order valence-electron chi connectivity index (χ2n) is 6.41. The van der Waals surface area contributed by atoms with Gasteiger partial charge in [-0.05, 0) is 30.4 Å². The molecule has 2 heterocycles. The summed E-state index contributed by atoms with van der Waals surface area (Å²) in [6, 6.07) is 4.02.